The monoisotopic (exact) mass is 559 g/mol. The number of thiazole rings is 1. The molecule has 0 spiro atoms. The van der Waals surface area contributed by atoms with Gasteiger partial charge >= 0.3 is 18.2 Å². The number of amides is 2. The Morgan fingerprint density at radius 2 is 1.90 bits per heavy atom. The number of ether oxygens (including phenoxy) is 1. The van der Waals surface area contributed by atoms with Crippen molar-refractivity contribution < 1.29 is 27.5 Å². The first-order valence-electron chi connectivity index (χ1n) is 12.0. The smallest absolute Gasteiger partial charge is 0.434 e. The number of alkyl halides is 3. The number of fused-ring (bicyclic) bond motifs is 1. The fourth-order valence-electron chi connectivity index (χ4n) is 3.96. The summed E-state index contributed by atoms with van der Waals surface area (Å²) in [7, 11) is 0. The molecule has 0 atom stereocenters. The number of aryl methyl sites for hydroxylation is 1. The number of halogens is 3. The summed E-state index contributed by atoms with van der Waals surface area (Å²) in [6, 6.07) is 5.84. The summed E-state index contributed by atoms with van der Waals surface area (Å²) >= 11 is 0.787. The highest BCUT2D eigenvalue weighted by Crippen LogP contribution is 2.39. The molecule has 3 aromatic heterocycles. The van der Waals surface area contributed by atoms with Crippen molar-refractivity contribution in [2.75, 3.05) is 18.5 Å². The molecule has 0 bridgehead atoms. The van der Waals surface area contributed by atoms with Gasteiger partial charge in [-0.2, -0.15) is 13.2 Å². The lowest BCUT2D eigenvalue weighted by Gasteiger charge is -2.14. The molecule has 0 aliphatic heterocycles. The molecule has 13 heteroatoms. The lowest BCUT2D eigenvalue weighted by molar-refractivity contribution is -0.140. The number of rotatable bonds is 7. The Morgan fingerprint density at radius 1 is 1.13 bits per heavy atom. The molecule has 2 N–H and O–H groups in total. The van der Waals surface area contributed by atoms with Gasteiger partial charge < -0.3 is 14.6 Å². The zero-order valence-corrected chi connectivity index (χ0v) is 22.0. The minimum atomic E-state index is -4.64. The van der Waals surface area contributed by atoms with Crippen molar-refractivity contribution in [3.63, 3.8) is 0 Å². The van der Waals surface area contributed by atoms with Gasteiger partial charge in [0.25, 0.3) is 0 Å². The van der Waals surface area contributed by atoms with E-state index < -0.39 is 29.3 Å². The molecule has 9 nitrogen and oxygen atoms in total. The number of urea groups is 1. The van der Waals surface area contributed by atoms with Gasteiger partial charge in [0.1, 0.15) is 16.4 Å². The van der Waals surface area contributed by atoms with Gasteiger partial charge in [-0.25, -0.2) is 19.6 Å². The van der Waals surface area contributed by atoms with E-state index in [0.29, 0.717) is 29.7 Å². The van der Waals surface area contributed by atoms with E-state index in [2.05, 4.69) is 20.6 Å². The highest BCUT2D eigenvalue weighted by molar-refractivity contribution is 7.13. The maximum atomic E-state index is 13.3. The predicted octanol–water partition coefficient (Wildman–Crippen LogP) is 5.54. The van der Waals surface area contributed by atoms with Crippen molar-refractivity contribution in [1.82, 2.24) is 19.9 Å². The number of anilines is 1. The number of esters is 1. The number of carbonyl (C=O) groups excluding carboxylic acids is 2. The zero-order valence-electron chi connectivity index (χ0n) is 21.2. The largest absolute Gasteiger partial charge is 0.462 e. The van der Waals surface area contributed by atoms with Gasteiger partial charge in [0.05, 0.1) is 12.1 Å². The van der Waals surface area contributed by atoms with Gasteiger partial charge in [0.15, 0.2) is 5.69 Å². The summed E-state index contributed by atoms with van der Waals surface area (Å²) in [6.07, 6.45) is -1.80. The molecule has 1 aromatic carbocycles. The third-order valence-corrected chi connectivity index (χ3v) is 6.61. The maximum Gasteiger partial charge on any atom is 0.434 e. The first-order chi connectivity index (χ1) is 18.6. The minimum Gasteiger partial charge on any atom is -0.462 e. The van der Waals surface area contributed by atoms with E-state index in [4.69, 9.17) is 4.74 Å². The lowest BCUT2D eigenvalue weighted by atomic mass is 9.99. The van der Waals surface area contributed by atoms with E-state index in [-0.39, 0.29) is 33.9 Å². The Kier molecular flexibility index (Phi) is 8.00. The SMILES string of the molecule is CCNC(=O)Nc1cc(-c2nc(C(F)(F)F)cs2)c(-c2ccc3c(c2)c(=O)c(C(=O)OCC)cn3CC)cn1. The summed E-state index contributed by atoms with van der Waals surface area (Å²) in [5.74, 6) is -0.648. The van der Waals surface area contributed by atoms with Crippen LogP contribution in [0.2, 0.25) is 0 Å². The molecule has 3 heterocycles. The molecule has 2 amide bonds. The Bertz CT molecular complexity index is 1610. The van der Waals surface area contributed by atoms with Gasteiger partial charge in [-0.1, -0.05) is 6.07 Å². The summed E-state index contributed by atoms with van der Waals surface area (Å²) in [6.45, 7) is 6.15. The molecule has 4 aromatic rings. The first kappa shape index (κ1) is 27.8. The number of carbonyl (C=O) groups is 2. The Balaban J connectivity index is 1.91. The van der Waals surface area contributed by atoms with Crippen LogP contribution >= 0.6 is 11.3 Å². The summed E-state index contributed by atoms with van der Waals surface area (Å²) in [5, 5.41) is 6.28. The number of pyridine rings is 2. The normalized spacial score (nSPS) is 11.4. The molecule has 0 unspecified atom stereocenters. The average molecular weight is 560 g/mol. The van der Waals surface area contributed by atoms with Crippen molar-refractivity contribution >= 4 is 40.1 Å². The van der Waals surface area contributed by atoms with E-state index in [9.17, 15) is 27.6 Å². The Morgan fingerprint density at radius 3 is 2.54 bits per heavy atom. The predicted molar refractivity (Wildman–Crippen MR) is 142 cm³/mol. The second-order valence-electron chi connectivity index (χ2n) is 8.25. The van der Waals surface area contributed by atoms with E-state index in [1.165, 1.54) is 18.5 Å². The fraction of sp³-hybridized carbons (Fsp3) is 0.269. The fourth-order valence-corrected chi connectivity index (χ4v) is 4.82. The van der Waals surface area contributed by atoms with Crippen LogP contribution in [0.3, 0.4) is 0 Å². The first-order valence-corrected chi connectivity index (χ1v) is 12.9. The quantitative estimate of drug-likeness (QED) is 0.287. The Labute approximate surface area is 224 Å². The van der Waals surface area contributed by atoms with Crippen molar-refractivity contribution in [3.05, 3.63) is 63.5 Å². The number of nitrogens with one attached hydrogen (secondary N) is 2. The number of hydrogen-bond acceptors (Lipinski definition) is 7. The van der Waals surface area contributed by atoms with Crippen LogP contribution in [0.25, 0.3) is 32.6 Å². The molecule has 0 saturated heterocycles. The number of nitrogens with zero attached hydrogens (tertiary/aromatic N) is 3. The number of hydrogen-bond donors (Lipinski definition) is 2. The maximum absolute atomic E-state index is 13.3. The average Bonchev–Trinajstić information content (AvgIpc) is 3.40. The summed E-state index contributed by atoms with van der Waals surface area (Å²) in [4.78, 5) is 45.8. The van der Waals surface area contributed by atoms with E-state index in [0.717, 1.165) is 16.7 Å². The minimum absolute atomic E-state index is 0.0463. The van der Waals surface area contributed by atoms with Crippen molar-refractivity contribution in [2.24, 2.45) is 0 Å². The van der Waals surface area contributed by atoms with Crippen LogP contribution in [-0.2, 0) is 17.5 Å². The van der Waals surface area contributed by atoms with E-state index in [1.807, 2.05) is 6.92 Å². The second kappa shape index (κ2) is 11.2. The molecular formula is C26H24F3N5O4S. The van der Waals surface area contributed by atoms with E-state index in [1.54, 1.807) is 36.6 Å². The summed E-state index contributed by atoms with van der Waals surface area (Å²) < 4.78 is 46.7. The number of aromatic nitrogens is 3. The third kappa shape index (κ3) is 5.77. The van der Waals surface area contributed by atoms with Gasteiger partial charge in [0.2, 0.25) is 5.43 Å². The van der Waals surface area contributed by atoms with Gasteiger partial charge in [-0.3, -0.25) is 10.1 Å². The highest BCUT2D eigenvalue weighted by atomic mass is 32.1. The van der Waals surface area contributed by atoms with Crippen molar-refractivity contribution in [2.45, 2.75) is 33.5 Å². The molecule has 4 rings (SSSR count). The van der Waals surface area contributed by atoms with Gasteiger partial charge in [-0.15, -0.1) is 11.3 Å². The van der Waals surface area contributed by atoms with Crippen molar-refractivity contribution in [3.8, 4) is 21.7 Å². The van der Waals surface area contributed by atoms with Crippen LogP contribution in [0.1, 0.15) is 36.8 Å². The van der Waals surface area contributed by atoms with Crippen molar-refractivity contribution in [1.29, 1.82) is 0 Å². The number of benzene rings is 1. The van der Waals surface area contributed by atoms with Crippen LogP contribution in [0.5, 0.6) is 0 Å². The lowest BCUT2D eigenvalue weighted by Crippen LogP contribution is -2.28. The van der Waals surface area contributed by atoms with Crippen LogP contribution in [0.4, 0.5) is 23.8 Å². The molecule has 0 radical (unpaired) electrons. The van der Waals surface area contributed by atoms with Crippen LogP contribution in [0.15, 0.2) is 46.8 Å². The second-order valence-corrected chi connectivity index (χ2v) is 9.10. The zero-order chi connectivity index (χ0) is 28.3. The highest BCUT2D eigenvalue weighted by Gasteiger charge is 2.34. The topological polar surface area (TPSA) is 115 Å². The Hall–Kier alpha value is -4.26. The molecule has 0 fully saturated rings. The van der Waals surface area contributed by atoms with Crippen LogP contribution in [-0.4, -0.2) is 39.7 Å². The molecule has 0 saturated carbocycles. The van der Waals surface area contributed by atoms with Gasteiger partial charge in [-0.05, 0) is 44.5 Å². The molecular weight excluding hydrogens is 535 g/mol. The van der Waals surface area contributed by atoms with E-state index >= 15 is 0 Å². The van der Waals surface area contributed by atoms with Crippen LogP contribution in [0, 0.1) is 0 Å². The molecule has 39 heavy (non-hydrogen) atoms. The van der Waals surface area contributed by atoms with Gasteiger partial charge in [0, 0.05) is 47.4 Å². The summed E-state index contributed by atoms with van der Waals surface area (Å²) in [5.41, 5.74) is -0.0343. The molecule has 0 aliphatic carbocycles. The third-order valence-electron chi connectivity index (χ3n) is 5.74. The molecule has 204 valence electrons. The standard InChI is InChI=1S/C26H24F3N5O4S/c1-4-30-25(37)33-21-10-15(23-32-20(13-39-23)26(27,28)29)17(11-31-21)14-7-8-19-16(9-14)22(35)18(12-34(19)5-2)24(36)38-6-3/h7-13H,4-6H2,1-3H3,(H2,30,31,33,37). The van der Waals surface area contributed by atoms with Crippen LogP contribution < -0.4 is 16.1 Å². The molecule has 0 aliphatic rings.